The Morgan fingerprint density at radius 1 is 1.04 bits per heavy atom. The van der Waals surface area contributed by atoms with Crippen LogP contribution in [0.4, 0.5) is 25.8 Å². The van der Waals surface area contributed by atoms with Crippen molar-refractivity contribution in [2.75, 3.05) is 10.6 Å². The van der Waals surface area contributed by atoms with E-state index in [-0.39, 0.29) is 17.3 Å². The lowest BCUT2D eigenvalue weighted by atomic mass is 10.1. The quantitative estimate of drug-likeness (QED) is 0.685. The number of hydrogen-bond donors (Lipinski definition) is 2. The first-order chi connectivity index (χ1) is 12.6. The van der Waals surface area contributed by atoms with Crippen LogP contribution < -0.4 is 10.6 Å². The summed E-state index contributed by atoms with van der Waals surface area (Å²) in [5.41, 5.74) is 2.63. The van der Waals surface area contributed by atoms with Gasteiger partial charge in [0.25, 0.3) is 5.91 Å². The summed E-state index contributed by atoms with van der Waals surface area (Å²) in [5, 5.41) is 5.64. The summed E-state index contributed by atoms with van der Waals surface area (Å²) in [6.45, 7) is 2.01. The number of anilines is 3. The number of amides is 1. The summed E-state index contributed by atoms with van der Waals surface area (Å²) in [5.74, 6) is -1.68. The Bertz CT molecular complexity index is 927. The van der Waals surface area contributed by atoms with E-state index < -0.39 is 11.6 Å². The second-order valence-corrected chi connectivity index (χ2v) is 5.65. The molecule has 3 rings (SSSR count). The van der Waals surface area contributed by atoms with Crippen molar-refractivity contribution in [3.8, 4) is 0 Å². The Kier molecular flexibility index (Phi) is 5.22. The van der Waals surface area contributed by atoms with Gasteiger partial charge in [0, 0.05) is 11.8 Å². The Balaban J connectivity index is 1.71. The number of aryl methyl sites for hydroxylation is 1. The largest absolute Gasteiger partial charge is 0.352 e. The van der Waals surface area contributed by atoms with Gasteiger partial charge in [0.1, 0.15) is 17.3 Å². The van der Waals surface area contributed by atoms with Gasteiger partial charge in [-0.2, -0.15) is 0 Å². The minimum absolute atomic E-state index is 0.127. The normalized spacial score (nSPS) is 10.4. The van der Waals surface area contributed by atoms with E-state index in [4.69, 9.17) is 0 Å². The van der Waals surface area contributed by atoms with Crippen molar-refractivity contribution < 1.29 is 13.6 Å². The number of hydrogen-bond acceptors (Lipinski definition) is 3. The summed E-state index contributed by atoms with van der Waals surface area (Å²) in [7, 11) is 0. The van der Waals surface area contributed by atoms with Crippen LogP contribution in [0.2, 0.25) is 0 Å². The summed E-state index contributed by atoms with van der Waals surface area (Å²) < 4.78 is 26.6. The van der Waals surface area contributed by atoms with Crippen molar-refractivity contribution in [1.29, 1.82) is 0 Å². The van der Waals surface area contributed by atoms with Gasteiger partial charge in [0.15, 0.2) is 0 Å². The summed E-state index contributed by atoms with van der Waals surface area (Å²) in [4.78, 5) is 16.5. The Morgan fingerprint density at radius 2 is 1.85 bits per heavy atom. The third-order valence-electron chi connectivity index (χ3n) is 3.85. The fourth-order valence-corrected chi connectivity index (χ4v) is 2.49. The fraction of sp³-hybridized carbons (Fsp3) is 0.100. The summed E-state index contributed by atoms with van der Waals surface area (Å²) in [6, 6.07) is 14.0. The zero-order chi connectivity index (χ0) is 18.5. The van der Waals surface area contributed by atoms with Gasteiger partial charge in [-0.3, -0.25) is 4.79 Å². The molecule has 0 radical (unpaired) electrons. The predicted octanol–water partition coefficient (Wildman–Crippen LogP) is 4.92. The Morgan fingerprint density at radius 3 is 2.54 bits per heavy atom. The molecule has 6 heteroatoms. The van der Waals surface area contributed by atoms with Gasteiger partial charge in [-0.1, -0.05) is 25.1 Å². The highest BCUT2D eigenvalue weighted by Crippen LogP contribution is 2.21. The molecule has 26 heavy (non-hydrogen) atoms. The van der Waals surface area contributed by atoms with E-state index in [1.807, 2.05) is 31.2 Å². The van der Waals surface area contributed by atoms with Crippen LogP contribution in [0.15, 0.2) is 60.8 Å². The maximum atomic E-state index is 13.7. The van der Waals surface area contributed by atoms with Crippen LogP contribution in [-0.4, -0.2) is 10.9 Å². The van der Waals surface area contributed by atoms with Gasteiger partial charge in [0.05, 0.1) is 17.6 Å². The van der Waals surface area contributed by atoms with E-state index in [0.29, 0.717) is 5.69 Å². The van der Waals surface area contributed by atoms with Gasteiger partial charge in [-0.05, 0) is 42.3 Å². The number of pyridine rings is 1. The molecule has 1 aromatic heterocycles. The van der Waals surface area contributed by atoms with Crippen molar-refractivity contribution in [3.05, 3.63) is 83.7 Å². The lowest BCUT2D eigenvalue weighted by Crippen LogP contribution is -2.14. The molecule has 0 spiro atoms. The van der Waals surface area contributed by atoms with Crippen molar-refractivity contribution in [1.82, 2.24) is 4.98 Å². The van der Waals surface area contributed by atoms with Crippen molar-refractivity contribution in [3.63, 3.8) is 0 Å². The highest BCUT2D eigenvalue weighted by molar-refractivity contribution is 6.03. The number of para-hydroxylation sites is 1. The molecule has 0 aliphatic heterocycles. The topological polar surface area (TPSA) is 54.0 Å². The van der Waals surface area contributed by atoms with Crippen LogP contribution in [0, 0.1) is 11.6 Å². The molecular formula is C20H17F2N3O. The van der Waals surface area contributed by atoms with Crippen molar-refractivity contribution in [2.24, 2.45) is 0 Å². The highest BCUT2D eigenvalue weighted by Gasteiger charge is 2.10. The van der Waals surface area contributed by atoms with E-state index in [2.05, 4.69) is 15.6 Å². The monoisotopic (exact) mass is 353 g/mol. The zero-order valence-corrected chi connectivity index (χ0v) is 14.1. The third-order valence-corrected chi connectivity index (χ3v) is 3.85. The predicted molar refractivity (Wildman–Crippen MR) is 97.7 cm³/mol. The van der Waals surface area contributed by atoms with E-state index in [0.717, 1.165) is 29.8 Å². The van der Waals surface area contributed by atoms with Gasteiger partial charge in [0.2, 0.25) is 0 Å². The maximum absolute atomic E-state index is 13.7. The summed E-state index contributed by atoms with van der Waals surface area (Å²) >= 11 is 0. The van der Waals surface area contributed by atoms with Crippen LogP contribution >= 0.6 is 0 Å². The average Bonchev–Trinajstić information content (AvgIpc) is 2.65. The fourth-order valence-electron chi connectivity index (χ4n) is 2.49. The molecule has 0 saturated carbocycles. The minimum Gasteiger partial charge on any atom is -0.352 e. The number of carbonyl (C=O) groups excluding carboxylic acids is 1. The number of carbonyl (C=O) groups is 1. The number of nitrogens with one attached hydrogen (secondary N) is 2. The number of halogens is 2. The molecule has 1 amide bonds. The van der Waals surface area contributed by atoms with Gasteiger partial charge >= 0.3 is 0 Å². The zero-order valence-electron chi connectivity index (χ0n) is 14.1. The average molecular weight is 353 g/mol. The molecule has 4 nitrogen and oxygen atoms in total. The molecular weight excluding hydrogens is 336 g/mol. The smallest absolute Gasteiger partial charge is 0.274 e. The molecule has 2 N–H and O–H groups in total. The molecule has 0 bridgehead atoms. The van der Waals surface area contributed by atoms with Crippen molar-refractivity contribution in [2.45, 2.75) is 13.3 Å². The molecule has 3 aromatic rings. The second kappa shape index (κ2) is 7.74. The second-order valence-electron chi connectivity index (χ2n) is 5.65. The van der Waals surface area contributed by atoms with E-state index in [1.165, 1.54) is 18.3 Å². The molecule has 0 aliphatic rings. The van der Waals surface area contributed by atoms with E-state index in [1.54, 1.807) is 6.07 Å². The molecule has 2 aromatic carbocycles. The van der Waals surface area contributed by atoms with Gasteiger partial charge in [-0.15, -0.1) is 0 Å². The minimum atomic E-state index is -0.706. The molecule has 0 atom stereocenters. The first kappa shape index (κ1) is 17.5. The van der Waals surface area contributed by atoms with Crippen LogP contribution in [0.25, 0.3) is 0 Å². The molecule has 0 aliphatic carbocycles. The third kappa shape index (κ3) is 4.03. The van der Waals surface area contributed by atoms with E-state index >= 15 is 0 Å². The summed E-state index contributed by atoms with van der Waals surface area (Å²) in [6.07, 6.45) is 2.22. The molecule has 0 fully saturated rings. The molecule has 0 saturated heterocycles. The number of rotatable bonds is 5. The first-order valence-corrected chi connectivity index (χ1v) is 8.14. The Labute approximate surface area is 149 Å². The number of aromatic nitrogens is 1. The van der Waals surface area contributed by atoms with Gasteiger partial charge in [-0.25, -0.2) is 13.8 Å². The molecule has 132 valence electrons. The number of nitrogens with zero attached hydrogens (tertiary/aromatic N) is 1. The maximum Gasteiger partial charge on any atom is 0.274 e. The standard InChI is InChI=1S/C20H17F2N3O/c1-2-13-5-3-4-6-17(13)25-20(26)19-10-8-15(12-23-19)24-18-9-7-14(21)11-16(18)22/h3-12,24H,2H2,1H3,(H,25,26). The number of benzene rings is 2. The first-order valence-electron chi connectivity index (χ1n) is 8.14. The van der Waals surface area contributed by atoms with Crippen molar-refractivity contribution >= 4 is 23.0 Å². The Hall–Kier alpha value is -3.28. The van der Waals surface area contributed by atoms with E-state index in [9.17, 15) is 13.6 Å². The lowest BCUT2D eigenvalue weighted by Gasteiger charge is -2.10. The molecule has 0 unspecified atom stereocenters. The van der Waals surface area contributed by atoms with Crippen LogP contribution in [0.1, 0.15) is 23.0 Å². The van der Waals surface area contributed by atoms with Crippen LogP contribution in [0.5, 0.6) is 0 Å². The van der Waals surface area contributed by atoms with Crippen LogP contribution in [-0.2, 0) is 6.42 Å². The highest BCUT2D eigenvalue weighted by atomic mass is 19.1. The van der Waals surface area contributed by atoms with Gasteiger partial charge < -0.3 is 10.6 Å². The lowest BCUT2D eigenvalue weighted by molar-refractivity contribution is 0.102. The SMILES string of the molecule is CCc1ccccc1NC(=O)c1ccc(Nc2ccc(F)cc2F)cn1. The van der Waals surface area contributed by atoms with Crippen LogP contribution in [0.3, 0.4) is 0 Å². The molecule has 1 heterocycles.